The Hall–Kier alpha value is -1.59. The van der Waals surface area contributed by atoms with Crippen molar-refractivity contribution in [2.75, 3.05) is 5.75 Å². The maximum absolute atomic E-state index is 11.6. The van der Waals surface area contributed by atoms with Gasteiger partial charge in [0.15, 0.2) is 0 Å². The van der Waals surface area contributed by atoms with Crippen LogP contribution in [0.3, 0.4) is 0 Å². The summed E-state index contributed by atoms with van der Waals surface area (Å²) in [6.07, 6.45) is 0. The minimum Gasteiger partial charge on any atom is -0.273 e. The number of nitrogens with zero attached hydrogens (tertiary/aromatic N) is 1. The largest absolute Gasteiger partial charge is 0.289 e. The average Bonchev–Trinajstić information content (AvgIpc) is 3.02. The second-order valence-electron chi connectivity index (χ2n) is 4.16. The molecule has 1 aliphatic rings. The van der Waals surface area contributed by atoms with E-state index in [1.54, 1.807) is 11.3 Å². The summed E-state index contributed by atoms with van der Waals surface area (Å²) < 4.78 is 0. The van der Waals surface area contributed by atoms with E-state index in [1.165, 1.54) is 4.90 Å². The molecule has 3 nitrogen and oxygen atoms in total. The number of carbonyl (C=O) groups is 2. The van der Waals surface area contributed by atoms with Gasteiger partial charge in [0.1, 0.15) is 0 Å². The van der Waals surface area contributed by atoms with Gasteiger partial charge < -0.3 is 0 Å². The average molecular weight is 289 g/mol. The van der Waals surface area contributed by atoms with Gasteiger partial charge >= 0.3 is 0 Å². The Balaban J connectivity index is 1.89. The molecule has 19 heavy (non-hydrogen) atoms. The van der Waals surface area contributed by atoms with Crippen molar-refractivity contribution in [3.8, 4) is 11.1 Å². The second kappa shape index (κ2) is 5.19. The molecule has 3 rings (SSSR count). The summed E-state index contributed by atoms with van der Waals surface area (Å²) in [5, 5.41) is 1.85. The van der Waals surface area contributed by atoms with E-state index in [4.69, 9.17) is 0 Å². The minimum atomic E-state index is -0.141. The fourth-order valence-corrected chi connectivity index (χ4v) is 3.63. The van der Waals surface area contributed by atoms with Crippen LogP contribution < -0.4 is 0 Å². The molecule has 1 aliphatic heterocycles. The van der Waals surface area contributed by atoms with E-state index in [0.29, 0.717) is 6.54 Å². The standard InChI is InChI=1S/C14H11NO2S2/c16-13-9-19-14(17)15(13)8-12-11(6-7-18-12)10-4-2-1-3-5-10/h1-7H,8-9H2. The van der Waals surface area contributed by atoms with E-state index < -0.39 is 0 Å². The summed E-state index contributed by atoms with van der Waals surface area (Å²) in [5.74, 6) is 0.174. The summed E-state index contributed by atoms with van der Waals surface area (Å²) in [5.41, 5.74) is 2.22. The third-order valence-electron chi connectivity index (χ3n) is 2.97. The van der Waals surface area contributed by atoms with Crippen molar-refractivity contribution in [3.63, 3.8) is 0 Å². The molecule has 0 aliphatic carbocycles. The number of benzene rings is 1. The number of thiophene rings is 1. The SMILES string of the molecule is O=C1CSC(=O)N1Cc1sccc1-c1ccccc1. The second-order valence-corrected chi connectivity index (χ2v) is 6.09. The van der Waals surface area contributed by atoms with Gasteiger partial charge in [-0.25, -0.2) is 0 Å². The van der Waals surface area contributed by atoms with E-state index in [9.17, 15) is 9.59 Å². The molecular weight excluding hydrogens is 278 g/mol. The normalized spacial score (nSPS) is 15.3. The molecule has 0 N–H and O–H groups in total. The molecule has 96 valence electrons. The van der Waals surface area contributed by atoms with Gasteiger partial charge in [0.25, 0.3) is 5.24 Å². The zero-order valence-electron chi connectivity index (χ0n) is 10.0. The minimum absolute atomic E-state index is 0.0950. The Morgan fingerprint density at radius 3 is 2.58 bits per heavy atom. The fraction of sp³-hybridized carbons (Fsp3) is 0.143. The molecule has 2 aromatic rings. The first-order chi connectivity index (χ1) is 9.25. The molecule has 1 saturated heterocycles. The van der Waals surface area contributed by atoms with Crippen LogP contribution in [0.25, 0.3) is 11.1 Å². The van der Waals surface area contributed by atoms with Gasteiger partial charge in [-0.05, 0) is 22.6 Å². The molecule has 0 unspecified atom stereocenters. The van der Waals surface area contributed by atoms with Crippen molar-refractivity contribution in [2.45, 2.75) is 6.54 Å². The van der Waals surface area contributed by atoms with Crippen LogP contribution in [0.4, 0.5) is 4.79 Å². The van der Waals surface area contributed by atoms with Crippen LogP contribution >= 0.6 is 23.1 Å². The zero-order chi connectivity index (χ0) is 13.2. The van der Waals surface area contributed by atoms with Gasteiger partial charge in [-0.3, -0.25) is 14.5 Å². The molecular formula is C14H11NO2S2. The fourth-order valence-electron chi connectivity index (χ4n) is 2.02. The number of rotatable bonds is 3. The highest BCUT2D eigenvalue weighted by Gasteiger charge is 2.30. The number of carbonyl (C=O) groups excluding carboxylic acids is 2. The Kier molecular flexibility index (Phi) is 3.40. The van der Waals surface area contributed by atoms with Crippen molar-refractivity contribution < 1.29 is 9.59 Å². The molecule has 5 heteroatoms. The van der Waals surface area contributed by atoms with Gasteiger partial charge in [-0.2, -0.15) is 0 Å². The van der Waals surface area contributed by atoms with Crippen molar-refractivity contribution in [2.24, 2.45) is 0 Å². The number of thioether (sulfide) groups is 1. The highest BCUT2D eigenvalue weighted by molar-refractivity contribution is 8.14. The summed E-state index contributed by atoms with van der Waals surface area (Å²) >= 11 is 2.66. The van der Waals surface area contributed by atoms with Crippen LogP contribution in [0.1, 0.15) is 4.88 Å². The van der Waals surface area contributed by atoms with E-state index in [1.807, 2.05) is 41.8 Å². The lowest BCUT2D eigenvalue weighted by Gasteiger charge is -2.13. The third-order valence-corrected chi connectivity index (χ3v) is 4.74. The Bertz CT molecular complexity index is 605. The van der Waals surface area contributed by atoms with Crippen LogP contribution in [0, 0.1) is 0 Å². The molecule has 2 heterocycles. The maximum atomic E-state index is 11.6. The van der Waals surface area contributed by atoms with Crippen LogP contribution in [-0.4, -0.2) is 21.8 Å². The highest BCUT2D eigenvalue weighted by atomic mass is 32.2. The molecule has 0 radical (unpaired) electrons. The smallest absolute Gasteiger partial charge is 0.273 e. The molecule has 0 spiro atoms. The predicted molar refractivity (Wildman–Crippen MR) is 78.2 cm³/mol. The van der Waals surface area contributed by atoms with Gasteiger partial charge in [0.2, 0.25) is 5.91 Å². The molecule has 1 aromatic carbocycles. The Labute approximate surface area is 119 Å². The van der Waals surface area contributed by atoms with E-state index in [-0.39, 0.29) is 16.9 Å². The van der Waals surface area contributed by atoms with Crippen molar-refractivity contribution >= 4 is 34.2 Å². The van der Waals surface area contributed by atoms with Crippen LogP contribution in [0.15, 0.2) is 41.8 Å². The predicted octanol–water partition coefficient (Wildman–Crippen LogP) is 3.61. The first kappa shape index (κ1) is 12.4. The van der Waals surface area contributed by atoms with Crippen LogP contribution in [-0.2, 0) is 11.3 Å². The summed E-state index contributed by atoms with van der Waals surface area (Å²) in [6, 6.07) is 12.0. The number of hydrogen-bond acceptors (Lipinski definition) is 4. The molecule has 1 aromatic heterocycles. The molecule has 1 fully saturated rings. The summed E-state index contributed by atoms with van der Waals surface area (Å²) in [4.78, 5) is 25.7. The quantitative estimate of drug-likeness (QED) is 0.866. The zero-order valence-corrected chi connectivity index (χ0v) is 11.7. The lowest BCUT2D eigenvalue weighted by atomic mass is 10.1. The number of imide groups is 1. The van der Waals surface area contributed by atoms with Crippen molar-refractivity contribution in [1.29, 1.82) is 0 Å². The van der Waals surface area contributed by atoms with Gasteiger partial charge in [0.05, 0.1) is 12.3 Å². The van der Waals surface area contributed by atoms with Crippen LogP contribution in [0.2, 0.25) is 0 Å². The van der Waals surface area contributed by atoms with Gasteiger partial charge in [0, 0.05) is 4.88 Å². The molecule has 0 atom stereocenters. The van der Waals surface area contributed by atoms with Crippen LogP contribution in [0.5, 0.6) is 0 Å². The monoisotopic (exact) mass is 289 g/mol. The van der Waals surface area contributed by atoms with Gasteiger partial charge in [-0.15, -0.1) is 11.3 Å². The molecule has 0 bridgehead atoms. The highest BCUT2D eigenvalue weighted by Crippen LogP contribution is 2.31. The van der Waals surface area contributed by atoms with Gasteiger partial charge in [-0.1, -0.05) is 42.1 Å². The third kappa shape index (κ3) is 2.43. The Morgan fingerprint density at radius 1 is 1.11 bits per heavy atom. The number of hydrogen-bond donors (Lipinski definition) is 0. The van der Waals surface area contributed by atoms with Crippen molar-refractivity contribution in [3.05, 3.63) is 46.7 Å². The van der Waals surface area contributed by atoms with E-state index >= 15 is 0 Å². The maximum Gasteiger partial charge on any atom is 0.289 e. The van der Waals surface area contributed by atoms with E-state index in [0.717, 1.165) is 27.8 Å². The van der Waals surface area contributed by atoms with Crippen molar-refractivity contribution in [1.82, 2.24) is 4.90 Å². The summed E-state index contributed by atoms with van der Waals surface area (Å²) in [6.45, 7) is 0.382. The summed E-state index contributed by atoms with van der Waals surface area (Å²) in [7, 11) is 0. The Morgan fingerprint density at radius 2 is 1.89 bits per heavy atom. The lowest BCUT2D eigenvalue weighted by molar-refractivity contribution is -0.124. The first-order valence-electron chi connectivity index (χ1n) is 5.84. The molecule has 0 saturated carbocycles. The van der Waals surface area contributed by atoms with E-state index in [2.05, 4.69) is 0 Å². The number of amides is 2. The lowest BCUT2D eigenvalue weighted by Crippen LogP contribution is -2.27. The molecule has 2 amide bonds. The topological polar surface area (TPSA) is 37.4 Å². The first-order valence-corrected chi connectivity index (χ1v) is 7.71.